The number of allylic oxidation sites excluding steroid dienone is 1. The number of unbranched alkanes of at least 4 members (excludes halogenated alkanes) is 5. The predicted molar refractivity (Wildman–Crippen MR) is 63.6 cm³/mol. The third kappa shape index (κ3) is 11.7. The molecule has 0 aliphatic carbocycles. The van der Waals surface area contributed by atoms with Crippen LogP contribution < -0.4 is 0 Å². The van der Waals surface area contributed by atoms with Crippen LogP contribution >= 0.6 is 0 Å². The Balaban J connectivity index is 2.96. The van der Waals surface area contributed by atoms with E-state index in [0.717, 1.165) is 19.6 Å². The largest absolute Gasteiger partial charge is 0.381 e. The van der Waals surface area contributed by atoms with Gasteiger partial charge in [0.15, 0.2) is 0 Å². The van der Waals surface area contributed by atoms with Crippen molar-refractivity contribution in [2.75, 3.05) is 13.2 Å². The van der Waals surface area contributed by atoms with E-state index in [2.05, 4.69) is 19.1 Å². The molecule has 0 radical (unpaired) electrons. The van der Waals surface area contributed by atoms with Crippen LogP contribution in [-0.4, -0.2) is 13.2 Å². The minimum atomic E-state index is 0.838. The van der Waals surface area contributed by atoms with E-state index in [0.29, 0.717) is 0 Å². The Morgan fingerprint density at radius 1 is 0.857 bits per heavy atom. The van der Waals surface area contributed by atoms with E-state index in [1.807, 2.05) is 6.92 Å². The van der Waals surface area contributed by atoms with Gasteiger partial charge in [0.25, 0.3) is 0 Å². The molecule has 0 rings (SSSR count). The lowest BCUT2D eigenvalue weighted by molar-refractivity contribution is 0.152. The molecule has 0 saturated heterocycles. The predicted octanol–water partition coefficient (Wildman–Crippen LogP) is 4.33. The summed E-state index contributed by atoms with van der Waals surface area (Å²) in [6.45, 7) is 6.01. The van der Waals surface area contributed by atoms with Crippen LogP contribution in [0.3, 0.4) is 0 Å². The summed E-state index contributed by atoms with van der Waals surface area (Å²) in [6, 6.07) is 0. The smallest absolute Gasteiger partial charge is 0.0500 e. The Kier molecular flexibility index (Phi) is 12.4. The summed E-state index contributed by atoms with van der Waals surface area (Å²) in [5.74, 6) is 0. The average Bonchev–Trinajstić information content (AvgIpc) is 2.21. The zero-order valence-electron chi connectivity index (χ0n) is 9.93. The molecule has 0 spiro atoms. The molecule has 0 aromatic heterocycles. The van der Waals surface area contributed by atoms with Gasteiger partial charge >= 0.3 is 0 Å². The van der Waals surface area contributed by atoms with Gasteiger partial charge in [0.05, 0.1) is 0 Å². The molecule has 0 amide bonds. The minimum absolute atomic E-state index is 0.838. The zero-order valence-corrected chi connectivity index (χ0v) is 9.93. The average molecular weight is 198 g/mol. The van der Waals surface area contributed by atoms with E-state index < -0.39 is 0 Å². The van der Waals surface area contributed by atoms with E-state index in [9.17, 15) is 0 Å². The van der Waals surface area contributed by atoms with Crippen molar-refractivity contribution in [2.45, 2.75) is 58.8 Å². The van der Waals surface area contributed by atoms with Gasteiger partial charge in [0, 0.05) is 13.2 Å². The molecule has 0 aromatic rings. The number of rotatable bonds is 10. The van der Waals surface area contributed by atoms with Gasteiger partial charge in [0.2, 0.25) is 0 Å². The molecule has 84 valence electrons. The highest BCUT2D eigenvalue weighted by Gasteiger charge is 1.86. The molecule has 0 fully saturated rings. The summed E-state index contributed by atoms with van der Waals surface area (Å²) in [7, 11) is 0. The Hall–Kier alpha value is -0.300. The second kappa shape index (κ2) is 12.7. The molecule has 1 heteroatoms. The van der Waals surface area contributed by atoms with E-state index in [-0.39, 0.29) is 0 Å². The Labute approximate surface area is 89.5 Å². The molecule has 0 aliphatic heterocycles. The van der Waals surface area contributed by atoms with Crippen LogP contribution in [-0.2, 0) is 4.74 Å². The van der Waals surface area contributed by atoms with Crippen LogP contribution in [0.25, 0.3) is 0 Å². The molecule has 0 aliphatic rings. The molecule has 0 bridgehead atoms. The Bertz CT molecular complexity index is 118. The second-order valence-electron chi connectivity index (χ2n) is 3.66. The fourth-order valence-electron chi connectivity index (χ4n) is 1.40. The van der Waals surface area contributed by atoms with E-state index in [1.165, 1.54) is 38.5 Å². The monoisotopic (exact) mass is 198 g/mol. The first-order valence-electron chi connectivity index (χ1n) is 6.14. The number of hydrogen-bond acceptors (Lipinski definition) is 1. The third-order valence-electron chi connectivity index (χ3n) is 2.27. The fraction of sp³-hybridized carbons (Fsp3) is 0.846. The molecule has 0 saturated carbocycles. The minimum Gasteiger partial charge on any atom is -0.381 e. The maximum absolute atomic E-state index is 5.24. The van der Waals surface area contributed by atoms with Crippen molar-refractivity contribution < 1.29 is 4.74 Å². The standard InChI is InChI=1S/C13H26O/c1-3-5-6-7-8-9-10-11-12-13-14-4-2/h10-11H,3-9,12-13H2,1-2H3/b11-10-. The fourth-order valence-corrected chi connectivity index (χ4v) is 1.40. The van der Waals surface area contributed by atoms with Gasteiger partial charge in [-0.2, -0.15) is 0 Å². The quantitative estimate of drug-likeness (QED) is 0.375. The lowest BCUT2D eigenvalue weighted by Crippen LogP contribution is -1.90. The summed E-state index contributed by atoms with van der Waals surface area (Å²) in [6.07, 6.45) is 13.7. The highest BCUT2D eigenvalue weighted by atomic mass is 16.5. The van der Waals surface area contributed by atoms with Crippen molar-refractivity contribution in [3.63, 3.8) is 0 Å². The lowest BCUT2D eigenvalue weighted by atomic mass is 10.1. The Morgan fingerprint density at radius 2 is 1.57 bits per heavy atom. The molecule has 1 nitrogen and oxygen atoms in total. The summed E-state index contributed by atoms with van der Waals surface area (Å²) in [5.41, 5.74) is 0. The van der Waals surface area contributed by atoms with Crippen LogP contribution in [0.15, 0.2) is 12.2 Å². The first-order valence-corrected chi connectivity index (χ1v) is 6.14. The first-order chi connectivity index (χ1) is 6.91. The number of hydrogen-bond donors (Lipinski definition) is 0. The molecule has 14 heavy (non-hydrogen) atoms. The normalized spacial score (nSPS) is 11.3. The van der Waals surface area contributed by atoms with Crippen LogP contribution in [0, 0.1) is 0 Å². The summed E-state index contributed by atoms with van der Waals surface area (Å²) >= 11 is 0. The van der Waals surface area contributed by atoms with Crippen molar-refractivity contribution in [2.24, 2.45) is 0 Å². The van der Waals surface area contributed by atoms with Crippen molar-refractivity contribution >= 4 is 0 Å². The van der Waals surface area contributed by atoms with Gasteiger partial charge in [0.1, 0.15) is 0 Å². The van der Waals surface area contributed by atoms with Crippen molar-refractivity contribution in [3.05, 3.63) is 12.2 Å². The van der Waals surface area contributed by atoms with Crippen LogP contribution in [0.5, 0.6) is 0 Å². The van der Waals surface area contributed by atoms with E-state index in [1.54, 1.807) is 0 Å². The van der Waals surface area contributed by atoms with Crippen molar-refractivity contribution in [3.8, 4) is 0 Å². The summed E-state index contributed by atoms with van der Waals surface area (Å²) in [4.78, 5) is 0. The summed E-state index contributed by atoms with van der Waals surface area (Å²) < 4.78 is 5.24. The lowest BCUT2D eigenvalue weighted by Gasteiger charge is -1.97. The van der Waals surface area contributed by atoms with Gasteiger partial charge in [-0.25, -0.2) is 0 Å². The van der Waals surface area contributed by atoms with Gasteiger partial charge in [-0.3, -0.25) is 0 Å². The molecular formula is C13H26O. The third-order valence-corrected chi connectivity index (χ3v) is 2.27. The Morgan fingerprint density at radius 3 is 2.29 bits per heavy atom. The molecule has 0 aromatic carbocycles. The van der Waals surface area contributed by atoms with E-state index in [4.69, 9.17) is 4.74 Å². The topological polar surface area (TPSA) is 9.23 Å². The maximum Gasteiger partial charge on any atom is 0.0500 e. The second-order valence-corrected chi connectivity index (χ2v) is 3.66. The SMILES string of the molecule is CCCCCCC/C=C\CCOCC. The van der Waals surface area contributed by atoms with Gasteiger partial charge in [-0.15, -0.1) is 0 Å². The molecule has 0 heterocycles. The molecule has 0 N–H and O–H groups in total. The number of ether oxygens (including phenoxy) is 1. The van der Waals surface area contributed by atoms with Crippen LogP contribution in [0.4, 0.5) is 0 Å². The van der Waals surface area contributed by atoms with Crippen molar-refractivity contribution in [1.82, 2.24) is 0 Å². The zero-order chi connectivity index (χ0) is 10.5. The highest BCUT2D eigenvalue weighted by Crippen LogP contribution is 2.05. The van der Waals surface area contributed by atoms with Gasteiger partial charge < -0.3 is 4.74 Å². The van der Waals surface area contributed by atoms with Crippen LogP contribution in [0.1, 0.15) is 58.8 Å². The van der Waals surface area contributed by atoms with Crippen molar-refractivity contribution in [1.29, 1.82) is 0 Å². The highest BCUT2D eigenvalue weighted by molar-refractivity contribution is 4.81. The molecule has 0 unspecified atom stereocenters. The van der Waals surface area contributed by atoms with Gasteiger partial charge in [-0.05, 0) is 26.2 Å². The summed E-state index contributed by atoms with van der Waals surface area (Å²) in [5, 5.41) is 0. The first kappa shape index (κ1) is 13.7. The van der Waals surface area contributed by atoms with Gasteiger partial charge in [-0.1, -0.05) is 44.8 Å². The van der Waals surface area contributed by atoms with Crippen LogP contribution in [0.2, 0.25) is 0 Å². The molecular weight excluding hydrogens is 172 g/mol. The van der Waals surface area contributed by atoms with E-state index >= 15 is 0 Å². The maximum atomic E-state index is 5.24. The molecule has 0 atom stereocenters.